The van der Waals surface area contributed by atoms with Crippen LogP contribution in [0.15, 0.2) is 48.5 Å². The molecule has 2 aromatic carbocycles. The highest BCUT2D eigenvalue weighted by Gasteiger charge is 2.48. The molecule has 1 aromatic heterocycles. The van der Waals surface area contributed by atoms with E-state index in [4.69, 9.17) is 4.74 Å². The molecular weight excluding hydrogens is 384 g/mol. The minimum Gasteiger partial charge on any atom is -0.497 e. The Balaban J connectivity index is 1.56. The first-order valence-corrected chi connectivity index (χ1v) is 11.7. The normalized spacial score (nSPS) is 22.8. The van der Waals surface area contributed by atoms with Gasteiger partial charge in [0, 0.05) is 41.5 Å². The number of aromatic nitrogens is 1. The van der Waals surface area contributed by atoms with Gasteiger partial charge in [0.2, 0.25) is 5.91 Å². The molecule has 4 heteroatoms. The molecule has 5 rings (SSSR count). The summed E-state index contributed by atoms with van der Waals surface area (Å²) >= 11 is 0. The van der Waals surface area contributed by atoms with Crippen LogP contribution in [-0.2, 0) is 23.1 Å². The molecular formula is C27H32N2O2. The van der Waals surface area contributed by atoms with Crippen molar-refractivity contribution in [1.29, 1.82) is 0 Å². The van der Waals surface area contributed by atoms with Crippen LogP contribution in [0.5, 0.6) is 5.75 Å². The fourth-order valence-electron chi connectivity index (χ4n) is 5.89. The Hall–Kier alpha value is -2.75. The van der Waals surface area contributed by atoms with Gasteiger partial charge in [-0.3, -0.25) is 4.79 Å². The Morgan fingerprint density at radius 2 is 2.10 bits per heavy atom. The van der Waals surface area contributed by atoms with Crippen molar-refractivity contribution < 1.29 is 9.53 Å². The van der Waals surface area contributed by atoms with Gasteiger partial charge in [0.05, 0.1) is 7.11 Å². The summed E-state index contributed by atoms with van der Waals surface area (Å²) in [7, 11) is 1.74. The zero-order chi connectivity index (χ0) is 21.4. The van der Waals surface area contributed by atoms with Crippen LogP contribution in [0, 0.1) is 5.92 Å². The lowest BCUT2D eigenvalue weighted by molar-refractivity contribution is -0.134. The van der Waals surface area contributed by atoms with Crippen LogP contribution in [0.4, 0.5) is 0 Å². The Labute approximate surface area is 184 Å². The molecule has 1 amide bonds. The number of fused-ring (bicyclic) bond motifs is 4. The van der Waals surface area contributed by atoms with Crippen LogP contribution < -0.4 is 4.74 Å². The summed E-state index contributed by atoms with van der Waals surface area (Å²) in [4.78, 5) is 18.7. The van der Waals surface area contributed by atoms with Gasteiger partial charge in [0.15, 0.2) is 0 Å². The van der Waals surface area contributed by atoms with E-state index in [-0.39, 0.29) is 5.41 Å². The van der Waals surface area contributed by atoms with Gasteiger partial charge in [-0.05, 0) is 60.9 Å². The third kappa shape index (κ3) is 3.42. The number of rotatable bonds is 5. The number of hydrogen-bond acceptors (Lipinski definition) is 2. The molecule has 0 bridgehead atoms. The van der Waals surface area contributed by atoms with Gasteiger partial charge in [-0.2, -0.15) is 0 Å². The molecule has 1 aliphatic carbocycles. The second kappa shape index (κ2) is 8.07. The van der Waals surface area contributed by atoms with Crippen LogP contribution >= 0.6 is 0 Å². The van der Waals surface area contributed by atoms with Gasteiger partial charge in [-0.15, -0.1) is 0 Å². The number of unbranched alkanes of at least 4 members (excludes halogenated alkanes) is 1. The summed E-state index contributed by atoms with van der Waals surface area (Å²) < 4.78 is 5.57. The largest absolute Gasteiger partial charge is 0.497 e. The molecule has 4 nitrogen and oxygen atoms in total. The van der Waals surface area contributed by atoms with E-state index in [1.54, 1.807) is 7.11 Å². The van der Waals surface area contributed by atoms with E-state index in [2.05, 4.69) is 59.3 Å². The van der Waals surface area contributed by atoms with Gasteiger partial charge in [0.1, 0.15) is 5.75 Å². The molecule has 0 saturated carbocycles. The maximum atomic E-state index is 12.9. The Kier molecular flexibility index (Phi) is 5.25. The van der Waals surface area contributed by atoms with Gasteiger partial charge >= 0.3 is 0 Å². The molecule has 1 aliphatic heterocycles. The summed E-state index contributed by atoms with van der Waals surface area (Å²) in [6, 6.07) is 17.2. The maximum absolute atomic E-state index is 12.9. The van der Waals surface area contributed by atoms with Crippen molar-refractivity contribution in [2.45, 2.75) is 50.9 Å². The molecule has 1 N–H and O–H groups in total. The van der Waals surface area contributed by atoms with E-state index < -0.39 is 0 Å². The zero-order valence-electron chi connectivity index (χ0n) is 18.6. The lowest BCUT2D eigenvalue weighted by Gasteiger charge is -2.51. The molecule has 31 heavy (non-hydrogen) atoms. The fraction of sp³-hybridized carbons (Fsp3) is 0.444. The number of benzene rings is 2. The number of carbonyl (C=O) groups excluding carboxylic acids is 1. The smallest absolute Gasteiger partial charge is 0.222 e. The summed E-state index contributed by atoms with van der Waals surface area (Å²) in [5.74, 6) is 1.64. The van der Waals surface area contributed by atoms with Gasteiger partial charge in [-0.25, -0.2) is 0 Å². The monoisotopic (exact) mass is 416 g/mol. The zero-order valence-corrected chi connectivity index (χ0v) is 18.6. The summed E-state index contributed by atoms with van der Waals surface area (Å²) in [5.41, 5.74) is 5.42. The van der Waals surface area contributed by atoms with Gasteiger partial charge in [-0.1, -0.05) is 43.7 Å². The van der Waals surface area contributed by atoms with Crippen molar-refractivity contribution in [1.82, 2.24) is 9.88 Å². The van der Waals surface area contributed by atoms with Crippen molar-refractivity contribution in [3.05, 3.63) is 65.4 Å². The van der Waals surface area contributed by atoms with Crippen LogP contribution in [0.3, 0.4) is 0 Å². The van der Waals surface area contributed by atoms with Crippen molar-refractivity contribution in [2.24, 2.45) is 5.92 Å². The minimum atomic E-state index is 0.0317. The predicted octanol–water partition coefficient (Wildman–Crippen LogP) is 5.25. The number of carbonyl (C=O) groups is 1. The standard InChI is InChI=1S/C27H32N2O2/c1-3-4-12-26(30)29-14-13-27(19-8-7-9-21(15-19)31-2)17-25-23(16-20(27)18-29)22-10-5-6-11-24(22)28-25/h5-11,15,20,28H,3-4,12-14,16-18H2,1-2H3/t20?,27-/m1/s1. The van der Waals surface area contributed by atoms with E-state index in [1.165, 1.54) is 27.7 Å². The SMILES string of the molecule is CCCCC(=O)N1CC[C@]2(c3cccc(OC)c3)Cc3[nH]c4ccccc4c3CC2C1. The third-order valence-corrected chi connectivity index (χ3v) is 7.64. The van der Waals surface area contributed by atoms with Crippen molar-refractivity contribution in [3.8, 4) is 5.75 Å². The molecule has 2 heterocycles. The molecule has 3 aromatic rings. The van der Waals surface area contributed by atoms with Crippen LogP contribution in [0.1, 0.15) is 49.4 Å². The summed E-state index contributed by atoms with van der Waals surface area (Å²) in [5, 5.41) is 1.34. The highest BCUT2D eigenvalue weighted by atomic mass is 16.5. The van der Waals surface area contributed by atoms with Gasteiger partial charge < -0.3 is 14.6 Å². The Morgan fingerprint density at radius 3 is 2.94 bits per heavy atom. The molecule has 0 radical (unpaired) electrons. The average Bonchev–Trinajstić information content (AvgIpc) is 3.17. The van der Waals surface area contributed by atoms with E-state index in [0.29, 0.717) is 18.2 Å². The molecule has 1 unspecified atom stereocenters. The number of hydrogen-bond donors (Lipinski definition) is 1. The number of piperidine rings is 1. The molecule has 2 aliphatic rings. The summed E-state index contributed by atoms with van der Waals surface area (Å²) in [6.07, 6.45) is 5.72. The van der Waals surface area contributed by atoms with Crippen molar-refractivity contribution in [2.75, 3.05) is 20.2 Å². The lowest BCUT2D eigenvalue weighted by Crippen LogP contribution is -2.55. The second-order valence-electron chi connectivity index (χ2n) is 9.29. The highest BCUT2D eigenvalue weighted by Crippen LogP contribution is 2.49. The quantitative estimate of drug-likeness (QED) is 0.617. The average molecular weight is 417 g/mol. The molecule has 1 saturated heterocycles. The Bertz CT molecular complexity index is 1100. The van der Waals surface area contributed by atoms with Gasteiger partial charge in [0.25, 0.3) is 0 Å². The number of amides is 1. The molecule has 0 spiro atoms. The van der Waals surface area contributed by atoms with Crippen LogP contribution in [0.2, 0.25) is 0 Å². The van der Waals surface area contributed by atoms with E-state index in [9.17, 15) is 4.79 Å². The number of ether oxygens (including phenoxy) is 1. The summed E-state index contributed by atoms with van der Waals surface area (Å²) in [6.45, 7) is 3.83. The number of likely N-dealkylation sites (tertiary alicyclic amines) is 1. The van der Waals surface area contributed by atoms with Crippen LogP contribution in [0.25, 0.3) is 10.9 Å². The van der Waals surface area contributed by atoms with E-state index in [1.807, 2.05) is 6.07 Å². The number of methoxy groups -OCH3 is 1. The number of H-pyrrole nitrogens is 1. The highest BCUT2D eigenvalue weighted by molar-refractivity contribution is 5.85. The van der Waals surface area contributed by atoms with Crippen molar-refractivity contribution >= 4 is 16.8 Å². The fourth-order valence-corrected chi connectivity index (χ4v) is 5.89. The topological polar surface area (TPSA) is 45.3 Å². The van der Waals surface area contributed by atoms with E-state index >= 15 is 0 Å². The first-order valence-electron chi connectivity index (χ1n) is 11.7. The number of para-hydroxylation sites is 1. The first kappa shape index (κ1) is 20.2. The molecule has 162 valence electrons. The first-order chi connectivity index (χ1) is 15.1. The second-order valence-corrected chi connectivity index (χ2v) is 9.29. The third-order valence-electron chi connectivity index (χ3n) is 7.64. The Morgan fingerprint density at radius 1 is 1.23 bits per heavy atom. The maximum Gasteiger partial charge on any atom is 0.222 e. The van der Waals surface area contributed by atoms with Crippen LogP contribution in [-0.4, -0.2) is 36.0 Å². The molecule has 2 atom stereocenters. The number of nitrogens with zero attached hydrogens (tertiary/aromatic N) is 1. The van der Waals surface area contributed by atoms with E-state index in [0.717, 1.165) is 50.9 Å². The number of aromatic amines is 1. The number of nitrogens with one attached hydrogen (secondary N) is 1. The predicted molar refractivity (Wildman–Crippen MR) is 125 cm³/mol. The molecule has 1 fully saturated rings. The lowest BCUT2D eigenvalue weighted by atomic mass is 9.58. The van der Waals surface area contributed by atoms with Crippen molar-refractivity contribution in [3.63, 3.8) is 0 Å². The minimum absolute atomic E-state index is 0.0317.